The van der Waals surface area contributed by atoms with Gasteiger partial charge in [-0.1, -0.05) is 84.5 Å². The highest BCUT2D eigenvalue weighted by Crippen LogP contribution is 2.43. The molecule has 0 rings (SSSR count). The number of rotatable bonds is 25. The average molecular weight is 553 g/mol. The Balaban J connectivity index is 4.58. The Morgan fingerprint density at radius 1 is 0.730 bits per heavy atom. The Morgan fingerprint density at radius 2 is 1.22 bits per heavy atom. The number of likely N-dealkylation sites (N-methyl/N-ethyl adjacent to an activating group) is 1. The van der Waals surface area contributed by atoms with Crippen LogP contribution in [-0.4, -0.2) is 74.9 Å². The Morgan fingerprint density at radius 3 is 1.73 bits per heavy atom. The first-order valence-electron chi connectivity index (χ1n) is 14.3. The van der Waals surface area contributed by atoms with E-state index in [1.807, 2.05) is 21.1 Å². The highest BCUT2D eigenvalue weighted by molar-refractivity contribution is 7.47. The number of quaternary nitrogens is 1. The number of carbonyl (C=O) groups is 2. The zero-order chi connectivity index (χ0) is 28.0. The second kappa shape index (κ2) is 21.9. The third-order valence-electron chi connectivity index (χ3n) is 5.89. The van der Waals surface area contributed by atoms with Crippen LogP contribution in [0.25, 0.3) is 0 Å². The normalized spacial score (nSPS) is 14.2. The van der Waals surface area contributed by atoms with Crippen molar-refractivity contribution in [3.05, 3.63) is 0 Å². The van der Waals surface area contributed by atoms with Gasteiger partial charge in [-0.15, -0.1) is 0 Å². The van der Waals surface area contributed by atoms with Crippen molar-refractivity contribution < 1.29 is 42.1 Å². The molecule has 0 saturated carbocycles. The third kappa shape index (κ3) is 25.1. The van der Waals surface area contributed by atoms with Crippen LogP contribution in [-0.2, 0) is 32.7 Å². The molecule has 0 saturated heterocycles. The molecule has 1 unspecified atom stereocenters. The van der Waals surface area contributed by atoms with Crippen molar-refractivity contribution in [2.24, 2.45) is 0 Å². The van der Waals surface area contributed by atoms with E-state index in [0.717, 1.165) is 44.9 Å². The number of hydrogen-bond donors (Lipinski definition) is 1. The molecule has 0 aliphatic rings. The van der Waals surface area contributed by atoms with E-state index in [-0.39, 0.29) is 32.0 Å². The molecule has 2 atom stereocenters. The van der Waals surface area contributed by atoms with Crippen LogP contribution >= 0.6 is 7.82 Å². The average Bonchev–Trinajstić information content (AvgIpc) is 2.81. The SMILES string of the molecule is CCCCCCCCCCC(=O)O[C@H](COC(=O)CCCCCCC)COP(=O)(O)OCC[N+](C)(C)C. The van der Waals surface area contributed by atoms with Crippen molar-refractivity contribution in [3.8, 4) is 0 Å². The molecule has 10 heteroatoms. The van der Waals surface area contributed by atoms with Crippen LogP contribution in [0, 0.1) is 0 Å². The van der Waals surface area contributed by atoms with Crippen molar-refractivity contribution in [2.45, 2.75) is 116 Å². The van der Waals surface area contributed by atoms with Crippen LogP contribution in [0.2, 0.25) is 0 Å². The summed E-state index contributed by atoms with van der Waals surface area (Å²) in [6.45, 7) is 4.25. The Labute approximate surface area is 225 Å². The number of carbonyl (C=O) groups excluding carboxylic acids is 2. The van der Waals surface area contributed by atoms with Gasteiger partial charge in [0.15, 0.2) is 6.10 Å². The number of ether oxygens (including phenoxy) is 2. The van der Waals surface area contributed by atoms with Gasteiger partial charge in [0.2, 0.25) is 0 Å². The fraction of sp³-hybridized carbons (Fsp3) is 0.926. The number of phosphoric acid groups is 1. The van der Waals surface area contributed by atoms with Gasteiger partial charge in [0.1, 0.15) is 19.8 Å². The van der Waals surface area contributed by atoms with Crippen LogP contribution in [0.4, 0.5) is 0 Å². The molecule has 0 aliphatic carbocycles. The third-order valence-corrected chi connectivity index (χ3v) is 6.87. The van der Waals surface area contributed by atoms with Gasteiger partial charge in [0, 0.05) is 12.8 Å². The maximum atomic E-state index is 12.4. The first kappa shape index (κ1) is 36.0. The molecule has 9 nitrogen and oxygen atoms in total. The lowest BCUT2D eigenvalue weighted by Crippen LogP contribution is -2.37. The molecule has 0 fully saturated rings. The van der Waals surface area contributed by atoms with Crippen molar-refractivity contribution in [1.82, 2.24) is 0 Å². The van der Waals surface area contributed by atoms with Crippen LogP contribution in [0.5, 0.6) is 0 Å². The van der Waals surface area contributed by atoms with E-state index in [4.69, 9.17) is 18.5 Å². The molecule has 0 spiro atoms. The fourth-order valence-corrected chi connectivity index (χ4v) is 4.28. The van der Waals surface area contributed by atoms with E-state index in [2.05, 4.69) is 13.8 Å². The highest BCUT2D eigenvalue weighted by Gasteiger charge is 2.27. The summed E-state index contributed by atoms with van der Waals surface area (Å²) in [6.07, 6.45) is 13.5. The smallest absolute Gasteiger partial charge is 0.462 e. The van der Waals surface area contributed by atoms with Gasteiger partial charge in [-0.25, -0.2) is 4.57 Å². The lowest BCUT2D eigenvalue weighted by molar-refractivity contribution is -0.870. The van der Waals surface area contributed by atoms with E-state index < -0.39 is 26.5 Å². The summed E-state index contributed by atoms with van der Waals surface area (Å²) >= 11 is 0. The molecule has 1 N–H and O–H groups in total. The van der Waals surface area contributed by atoms with Gasteiger partial charge in [0.25, 0.3) is 0 Å². The molecule has 0 aromatic carbocycles. The zero-order valence-electron chi connectivity index (χ0n) is 24.2. The van der Waals surface area contributed by atoms with Crippen LogP contribution in [0.3, 0.4) is 0 Å². The summed E-state index contributed by atoms with van der Waals surface area (Å²) in [4.78, 5) is 34.5. The summed E-state index contributed by atoms with van der Waals surface area (Å²) in [5.74, 6) is -0.819. The van der Waals surface area contributed by atoms with E-state index in [9.17, 15) is 19.0 Å². The topological polar surface area (TPSA) is 108 Å². The Hall–Kier alpha value is -0.990. The maximum Gasteiger partial charge on any atom is 0.472 e. The van der Waals surface area contributed by atoms with Crippen LogP contribution in [0.15, 0.2) is 0 Å². The van der Waals surface area contributed by atoms with Crippen molar-refractivity contribution in [1.29, 1.82) is 0 Å². The summed E-state index contributed by atoms with van der Waals surface area (Å²) in [5.41, 5.74) is 0. The van der Waals surface area contributed by atoms with E-state index in [0.29, 0.717) is 17.4 Å². The minimum Gasteiger partial charge on any atom is -0.462 e. The van der Waals surface area contributed by atoms with Crippen LogP contribution < -0.4 is 0 Å². The lowest BCUT2D eigenvalue weighted by atomic mass is 10.1. The molecule has 220 valence electrons. The van der Waals surface area contributed by atoms with Crippen molar-refractivity contribution in [3.63, 3.8) is 0 Å². The predicted octanol–water partition coefficient (Wildman–Crippen LogP) is 6.17. The lowest BCUT2D eigenvalue weighted by Gasteiger charge is -2.24. The first-order valence-corrected chi connectivity index (χ1v) is 15.8. The molecular formula is C27H55NO8P+. The number of nitrogens with zero attached hydrogens (tertiary/aromatic N) is 1. The molecule has 37 heavy (non-hydrogen) atoms. The monoisotopic (exact) mass is 552 g/mol. The minimum absolute atomic E-state index is 0.0349. The summed E-state index contributed by atoms with van der Waals surface area (Å²) in [6, 6.07) is 0. The number of hydrogen-bond acceptors (Lipinski definition) is 7. The van der Waals surface area contributed by atoms with Gasteiger partial charge in [-0.3, -0.25) is 18.6 Å². The summed E-state index contributed by atoms with van der Waals surface area (Å²) in [7, 11) is 1.48. The van der Waals surface area contributed by atoms with Gasteiger partial charge in [-0.2, -0.15) is 0 Å². The predicted molar refractivity (Wildman–Crippen MR) is 146 cm³/mol. The van der Waals surface area contributed by atoms with E-state index >= 15 is 0 Å². The molecule has 0 aromatic rings. The summed E-state index contributed by atoms with van der Waals surface area (Å²) in [5, 5.41) is 0. The molecule has 0 aromatic heterocycles. The Kier molecular flexibility index (Phi) is 21.3. The standard InChI is InChI=1S/C27H54NO8P/c1-6-8-10-12-13-14-16-18-20-27(30)36-25(23-33-26(29)19-17-15-11-9-7-2)24-35-37(31,32)34-22-21-28(3,4)5/h25H,6-24H2,1-5H3/p+1/t25-/m1/s1. The fourth-order valence-electron chi connectivity index (χ4n) is 3.54. The second-order valence-corrected chi connectivity index (χ2v) is 12.2. The van der Waals surface area contributed by atoms with Crippen molar-refractivity contribution >= 4 is 19.8 Å². The van der Waals surface area contributed by atoms with Gasteiger partial charge in [-0.05, 0) is 12.8 Å². The van der Waals surface area contributed by atoms with Gasteiger partial charge >= 0.3 is 19.8 Å². The zero-order valence-corrected chi connectivity index (χ0v) is 25.1. The van der Waals surface area contributed by atoms with Gasteiger partial charge in [0.05, 0.1) is 27.7 Å². The minimum atomic E-state index is -4.34. The number of phosphoric ester groups is 1. The highest BCUT2D eigenvalue weighted by atomic mass is 31.2. The molecule has 0 bridgehead atoms. The summed E-state index contributed by atoms with van der Waals surface area (Å²) < 4.78 is 33.6. The molecule has 0 aliphatic heterocycles. The maximum absolute atomic E-state index is 12.4. The Bertz CT molecular complexity index is 638. The van der Waals surface area contributed by atoms with Gasteiger partial charge < -0.3 is 18.9 Å². The van der Waals surface area contributed by atoms with Crippen molar-refractivity contribution in [2.75, 3.05) is 47.5 Å². The van der Waals surface area contributed by atoms with Crippen LogP contribution in [0.1, 0.15) is 110 Å². The molecular weight excluding hydrogens is 497 g/mol. The van der Waals surface area contributed by atoms with E-state index in [1.54, 1.807) is 0 Å². The first-order chi connectivity index (χ1) is 17.5. The number of esters is 2. The van der Waals surface area contributed by atoms with E-state index in [1.165, 1.54) is 32.1 Å². The largest absolute Gasteiger partial charge is 0.472 e. The quantitative estimate of drug-likeness (QED) is 0.0620. The molecule has 0 heterocycles. The number of unbranched alkanes of at least 4 members (excludes halogenated alkanes) is 11. The second-order valence-electron chi connectivity index (χ2n) is 10.8. The molecule has 0 amide bonds. The molecule has 0 radical (unpaired) electrons.